The van der Waals surface area contributed by atoms with Gasteiger partial charge in [-0.2, -0.15) is 0 Å². The number of ether oxygens (including phenoxy) is 2. The highest BCUT2D eigenvalue weighted by molar-refractivity contribution is 8.44. The molecule has 3 aliphatic heterocycles. The van der Waals surface area contributed by atoms with Crippen LogP contribution in [0.15, 0.2) is 25.3 Å². The number of hydrogen-bond acceptors (Lipinski definition) is 16. The fourth-order valence-corrected chi connectivity index (χ4v) is 8.05. The minimum absolute atomic E-state index is 0.0457. The highest BCUT2D eigenvalue weighted by Crippen LogP contribution is 2.60. The molecule has 24 heteroatoms. The molecule has 44 heavy (non-hydrogen) atoms. The molecule has 10 atom stereocenters. The zero-order valence-electron chi connectivity index (χ0n) is 21.9. The molecule has 4 aromatic rings. The lowest BCUT2D eigenvalue weighted by molar-refractivity contribution is -0.0575. The molecule has 0 radical (unpaired) electrons. The van der Waals surface area contributed by atoms with Crippen LogP contribution < -0.4 is 11.5 Å². The maximum absolute atomic E-state index is 15.9. The van der Waals surface area contributed by atoms with Crippen LogP contribution in [0.5, 0.6) is 0 Å². The zero-order chi connectivity index (χ0) is 31.0. The summed E-state index contributed by atoms with van der Waals surface area (Å²) in [6.45, 7) is -10.3. The predicted octanol–water partition coefficient (Wildman–Crippen LogP) is 2.19. The van der Waals surface area contributed by atoms with Crippen LogP contribution in [-0.4, -0.2) is 89.0 Å². The summed E-state index contributed by atoms with van der Waals surface area (Å²) in [6, 6.07) is 0. The van der Waals surface area contributed by atoms with Crippen molar-refractivity contribution in [2.75, 3.05) is 24.7 Å². The van der Waals surface area contributed by atoms with Gasteiger partial charge in [0.05, 0.1) is 25.9 Å². The first kappa shape index (κ1) is 30.2. The lowest BCUT2D eigenvalue weighted by Gasteiger charge is -2.25. The van der Waals surface area contributed by atoms with Gasteiger partial charge < -0.3 is 20.9 Å². The van der Waals surface area contributed by atoms with E-state index in [1.165, 1.54) is 21.8 Å². The van der Waals surface area contributed by atoms with Crippen LogP contribution in [0.4, 0.5) is 20.4 Å². The summed E-state index contributed by atoms with van der Waals surface area (Å²) in [6.07, 6.45) is -8.27. The first-order chi connectivity index (χ1) is 20.9. The van der Waals surface area contributed by atoms with Crippen molar-refractivity contribution in [3.8, 4) is 0 Å². The van der Waals surface area contributed by atoms with Crippen LogP contribution in [0.2, 0.25) is 0 Å². The van der Waals surface area contributed by atoms with Crippen LogP contribution in [0.1, 0.15) is 12.5 Å². The quantitative estimate of drug-likeness (QED) is 0.174. The number of aromatic nitrogens is 8. The fourth-order valence-electron chi connectivity index (χ4n) is 5.15. The molecule has 0 spiro atoms. The molecule has 236 valence electrons. The number of nitrogen functional groups attached to an aromatic ring is 2. The molecule has 0 unspecified atom stereocenters. The van der Waals surface area contributed by atoms with Crippen molar-refractivity contribution in [1.82, 2.24) is 39.0 Å². The first-order valence-electron chi connectivity index (χ1n) is 12.7. The Bertz CT molecular complexity index is 1710. The third kappa shape index (κ3) is 5.25. The van der Waals surface area contributed by atoms with Gasteiger partial charge in [0, 0.05) is 0 Å². The molecule has 0 saturated carbocycles. The number of imidazole rings is 2. The Morgan fingerprint density at radius 1 is 0.727 bits per heavy atom. The summed E-state index contributed by atoms with van der Waals surface area (Å²) < 4.78 is 94.6. The Balaban J connectivity index is 1.22. The molecule has 3 saturated heterocycles. The second-order valence-electron chi connectivity index (χ2n) is 9.85. The molecular formula is C20H22F2N10O8P2S2. The number of thiol groups is 2. The molecule has 7 heterocycles. The number of halogens is 2. The summed E-state index contributed by atoms with van der Waals surface area (Å²) in [7, 11) is 0. The van der Waals surface area contributed by atoms with E-state index in [0.717, 1.165) is 12.7 Å². The predicted molar refractivity (Wildman–Crippen MR) is 152 cm³/mol. The summed E-state index contributed by atoms with van der Waals surface area (Å²) in [5, 5.41) is 0. The van der Waals surface area contributed by atoms with Crippen LogP contribution in [0, 0.1) is 0 Å². The molecule has 0 amide bonds. The third-order valence-electron chi connectivity index (χ3n) is 7.16. The SMILES string of the molecule is Nc1ncnc2c1ncn2[C@@H]1O[C@@H]2CO[P@@](=O)(S)O[C@@H]3[C@H](F)[C@@H](CO[P@@](=O)(S)O[C@@H]1[C@@H]2F)O[C@H]3n1cnc2c(N)ncnc21. The number of anilines is 2. The van der Waals surface area contributed by atoms with E-state index in [2.05, 4.69) is 54.4 Å². The largest absolute Gasteiger partial charge is 0.386 e. The van der Waals surface area contributed by atoms with Gasteiger partial charge in [-0.3, -0.25) is 27.2 Å². The highest BCUT2D eigenvalue weighted by Gasteiger charge is 2.54. The third-order valence-corrected chi connectivity index (χ3v) is 10.4. The van der Waals surface area contributed by atoms with E-state index < -0.39 is 76.0 Å². The van der Waals surface area contributed by atoms with Gasteiger partial charge in [-0.1, -0.05) is 24.5 Å². The minimum Gasteiger partial charge on any atom is -0.382 e. The molecule has 3 fully saturated rings. The van der Waals surface area contributed by atoms with Gasteiger partial charge in [0.2, 0.25) is 0 Å². The van der Waals surface area contributed by atoms with Gasteiger partial charge in [0.1, 0.15) is 48.1 Å². The molecule has 0 aromatic carbocycles. The van der Waals surface area contributed by atoms with E-state index >= 15 is 8.78 Å². The van der Waals surface area contributed by atoms with Gasteiger partial charge in [0.15, 0.2) is 47.7 Å². The fraction of sp³-hybridized carbons (Fsp3) is 0.500. The normalized spacial score (nSPS) is 38.3. The standard InChI is InChI=1S/C20H22F2N10O8P2S2/c21-9-7-1-35-41(33,43)39-14-10(22)8(38-20(14)32-6-30-12-16(24)26-4-28-18(12)32)2-36-42(34,44)40-13(9)19(37-7)31-5-29-11-15(23)25-3-27-17(11)31/h3-10,13-14,19-20H,1-2H2,(H,33,43)(H,34,44)(H2,23,25,27)(H2,24,26,28)/t7-,8-,9-,10-,13-,14-,19-,20-,41-,42-/m1/s1. The van der Waals surface area contributed by atoms with Gasteiger partial charge in [-0.05, 0) is 0 Å². The average molecular weight is 695 g/mol. The molecule has 3 aliphatic rings. The van der Waals surface area contributed by atoms with Crippen molar-refractivity contribution >= 4 is 72.1 Å². The van der Waals surface area contributed by atoms with Gasteiger partial charge in [-0.25, -0.2) is 47.8 Å². The van der Waals surface area contributed by atoms with E-state index in [9.17, 15) is 9.13 Å². The van der Waals surface area contributed by atoms with Crippen molar-refractivity contribution in [2.45, 2.75) is 49.2 Å². The Labute approximate surface area is 255 Å². The summed E-state index contributed by atoms with van der Waals surface area (Å²) >= 11 is 7.99. The molecule has 4 bridgehead atoms. The molecule has 4 aromatic heterocycles. The number of nitrogens with two attached hydrogens (primary N) is 2. The highest BCUT2D eigenvalue weighted by atomic mass is 32.7. The van der Waals surface area contributed by atoms with Crippen LogP contribution >= 0.6 is 38.1 Å². The van der Waals surface area contributed by atoms with Crippen LogP contribution in [-0.2, 0) is 36.7 Å². The maximum Gasteiger partial charge on any atom is 0.386 e. The van der Waals surface area contributed by atoms with Gasteiger partial charge in [-0.15, -0.1) is 0 Å². The van der Waals surface area contributed by atoms with Crippen LogP contribution in [0.3, 0.4) is 0 Å². The number of fused-ring (bicyclic) bond motifs is 6. The van der Waals surface area contributed by atoms with E-state index in [0.29, 0.717) is 0 Å². The summed E-state index contributed by atoms with van der Waals surface area (Å²) in [5.41, 5.74) is 12.4. The number of rotatable bonds is 2. The van der Waals surface area contributed by atoms with Crippen molar-refractivity contribution in [3.63, 3.8) is 0 Å². The first-order valence-corrected chi connectivity index (χ1v) is 18.1. The lowest BCUT2D eigenvalue weighted by Crippen LogP contribution is -2.34. The van der Waals surface area contributed by atoms with E-state index in [4.69, 9.17) is 39.0 Å². The Hall–Kier alpha value is -2.52. The average Bonchev–Trinajstić information content (AvgIpc) is 3.73. The monoisotopic (exact) mass is 694 g/mol. The zero-order valence-corrected chi connectivity index (χ0v) is 25.5. The lowest BCUT2D eigenvalue weighted by atomic mass is 10.1. The minimum atomic E-state index is -4.44. The Morgan fingerprint density at radius 2 is 1.14 bits per heavy atom. The smallest absolute Gasteiger partial charge is 0.382 e. The van der Waals surface area contributed by atoms with E-state index in [1.54, 1.807) is 0 Å². The Kier molecular flexibility index (Phi) is 7.59. The van der Waals surface area contributed by atoms with Crippen molar-refractivity contribution in [1.29, 1.82) is 0 Å². The number of hydrogen-bond donors (Lipinski definition) is 4. The summed E-state index contributed by atoms with van der Waals surface area (Å²) in [5.74, 6) is 0.0915. The Morgan fingerprint density at radius 3 is 1.55 bits per heavy atom. The van der Waals surface area contributed by atoms with Crippen molar-refractivity contribution < 1.29 is 45.5 Å². The molecular weight excluding hydrogens is 672 g/mol. The van der Waals surface area contributed by atoms with E-state index in [1.807, 2.05) is 0 Å². The van der Waals surface area contributed by atoms with Crippen LogP contribution in [0.25, 0.3) is 22.3 Å². The maximum atomic E-state index is 15.9. The molecule has 7 rings (SSSR count). The number of nitrogens with zero attached hydrogens (tertiary/aromatic N) is 8. The summed E-state index contributed by atoms with van der Waals surface area (Å²) in [4.78, 5) is 24.2. The molecule has 0 aliphatic carbocycles. The van der Waals surface area contributed by atoms with Gasteiger partial charge >= 0.3 is 13.6 Å². The molecule has 18 nitrogen and oxygen atoms in total. The van der Waals surface area contributed by atoms with Gasteiger partial charge in [0.25, 0.3) is 0 Å². The second-order valence-corrected chi connectivity index (χ2v) is 15.6. The second kappa shape index (κ2) is 11.1. The van der Waals surface area contributed by atoms with E-state index in [-0.39, 0.29) is 34.0 Å². The molecule has 4 N–H and O–H groups in total. The van der Waals surface area contributed by atoms with Crippen molar-refractivity contribution in [3.05, 3.63) is 25.3 Å². The number of alkyl halides is 2. The van der Waals surface area contributed by atoms with Crippen molar-refractivity contribution in [2.24, 2.45) is 0 Å². The topological polar surface area (TPSA) is 229 Å².